The van der Waals surface area contributed by atoms with Crippen LogP contribution in [0.2, 0.25) is 0 Å². The largest absolute Gasteiger partial charge is 0.382 e. The van der Waals surface area contributed by atoms with Crippen LogP contribution >= 0.6 is 0 Å². The minimum atomic E-state index is -0.176. The lowest BCUT2D eigenvalue weighted by molar-refractivity contribution is 0.0934. The molecular formula is C12H18N4O. The van der Waals surface area contributed by atoms with Crippen LogP contribution in [-0.4, -0.2) is 22.6 Å². The summed E-state index contributed by atoms with van der Waals surface area (Å²) in [6.07, 6.45) is 2.39. The number of anilines is 1. The van der Waals surface area contributed by atoms with Crippen molar-refractivity contribution in [1.29, 1.82) is 0 Å². The fourth-order valence-electron chi connectivity index (χ4n) is 1.93. The van der Waals surface area contributed by atoms with Crippen LogP contribution in [0.5, 0.6) is 0 Å². The van der Waals surface area contributed by atoms with Crippen molar-refractivity contribution in [3.63, 3.8) is 0 Å². The average Bonchev–Trinajstić information content (AvgIpc) is 3.08. The fraction of sp³-hybridized carbons (Fsp3) is 0.583. The number of amides is 1. The van der Waals surface area contributed by atoms with Gasteiger partial charge in [0.15, 0.2) is 5.69 Å². The molecule has 2 rings (SSSR count). The van der Waals surface area contributed by atoms with Gasteiger partial charge in [0.1, 0.15) is 5.82 Å². The normalized spacial score (nSPS) is 16.9. The van der Waals surface area contributed by atoms with Gasteiger partial charge in [0.2, 0.25) is 0 Å². The number of carbonyl (C=O) groups is 1. The van der Waals surface area contributed by atoms with Gasteiger partial charge in [-0.1, -0.05) is 13.8 Å². The predicted octanol–water partition coefficient (Wildman–Crippen LogP) is 1.22. The first-order valence-electron chi connectivity index (χ1n) is 5.91. The summed E-state index contributed by atoms with van der Waals surface area (Å²) in [4.78, 5) is 11.8. The van der Waals surface area contributed by atoms with Gasteiger partial charge in [-0.25, -0.2) is 0 Å². The van der Waals surface area contributed by atoms with E-state index in [2.05, 4.69) is 29.4 Å². The third-order valence-electron chi connectivity index (χ3n) is 3.64. The smallest absolute Gasteiger partial charge is 0.271 e. The summed E-state index contributed by atoms with van der Waals surface area (Å²) in [6, 6.07) is 3.17. The van der Waals surface area contributed by atoms with Crippen molar-refractivity contribution in [3.05, 3.63) is 17.8 Å². The number of nitrogen functional groups attached to an aromatic ring is 1. The average molecular weight is 234 g/mol. The van der Waals surface area contributed by atoms with Gasteiger partial charge in [-0.3, -0.25) is 4.79 Å². The van der Waals surface area contributed by atoms with Gasteiger partial charge < -0.3 is 11.1 Å². The van der Waals surface area contributed by atoms with Crippen LogP contribution in [0.1, 0.15) is 37.2 Å². The molecule has 1 saturated carbocycles. The van der Waals surface area contributed by atoms with Crippen LogP contribution < -0.4 is 11.1 Å². The van der Waals surface area contributed by atoms with E-state index in [-0.39, 0.29) is 5.91 Å². The van der Waals surface area contributed by atoms with Gasteiger partial charge in [-0.15, -0.1) is 10.2 Å². The van der Waals surface area contributed by atoms with Crippen LogP contribution in [-0.2, 0) is 0 Å². The van der Waals surface area contributed by atoms with Crippen molar-refractivity contribution in [2.24, 2.45) is 11.3 Å². The molecule has 3 N–H and O–H groups in total. The number of aromatic nitrogens is 2. The van der Waals surface area contributed by atoms with Gasteiger partial charge in [-0.05, 0) is 36.3 Å². The Morgan fingerprint density at radius 2 is 2.18 bits per heavy atom. The molecule has 0 saturated heterocycles. The van der Waals surface area contributed by atoms with Crippen LogP contribution in [0, 0.1) is 11.3 Å². The van der Waals surface area contributed by atoms with Gasteiger partial charge >= 0.3 is 0 Å². The first kappa shape index (κ1) is 11.8. The Balaban J connectivity index is 1.92. The van der Waals surface area contributed by atoms with E-state index >= 15 is 0 Å². The molecule has 1 aromatic heterocycles. The van der Waals surface area contributed by atoms with Crippen molar-refractivity contribution in [3.8, 4) is 0 Å². The molecule has 0 bridgehead atoms. The summed E-state index contributed by atoms with van der Waals surface area (Å²) in [5, 5.41) is 10.3. The standard InChI is InChI=1S/C12H18N4O/c1-8(2)12(5-6-12)7-14-11(17)9-3-4-10(13)16-15-9/h3-4,8H,5-7H2,1-2H3,(H2,13,16)(H,14,17). The molecule has 1 heterocycles. The number of nitrogens with one attached hydrogen (secondary N) is 1. The summed E-state index contributed by atoms with van der Waals surface area (Å²) < 4.78 is 0. The molecule has 0 unspecified atom stereocenters. The number of nitrogens with two attached hydrogens (primary N) is 1. The molecule has 0 radical (unpaired) electrons. The Morgan fingerprint density at radius 1 is 1.47 bits per heavy atom. The zero-order valence-corrected chi connectivity index (χ0v) is 10.2. The molecule has 0 spiro atoms. The summed E-state index contributed by atoms with van der Waals surface area (Å²) >= 11 is 0. The second-order valence-electron chi connectivity index (χ2n) is 5.04. The molecule has 0 aromatic carbocycles. The summed E-state index contributed by atoms with van der Waals surface area (Å²) in [7, 11) is 0. The van der Waals surface area contributed by atoms with E-state index in [1.807, 2.05) is 0 Å². The Morgan fingerprint density at radius 3 is 2.65 bits per heavy atom. The van der Waals surface area contributed by atoms with Crippen LogP contribution in [0.3, 0.4) is 0 Å². The quantitative estimate of drug-likeness (QED) is 0.821. The van der Waals surface area contributed by atoms with E-state index < -0.39 is 0 Å². The second kappa shape index (κ2) is 4.31. The number of rotatable bonds is 4. The van der Waals surface area contributed by atoms with Crippen molar-refractivity contribution in [2.75, 3.05) is 12.3 Å². The topological polar surface area (TPSA) is 80.9 Å². The van der Waals surface area contributed by atoms with Gasteiger partial charge in [0.25, 0.3) is 5.91 Å². The Bertz CT molecular complexity index is 409. The minimum absolute atomic E-state index is 0.176. The van der Waals surface area contributed by atoms with Crippen molar-refractivity contribution in [2.45, 2.75) is 26.7 Å². The molecule has 17 heavy (non-hydrogen) atoms. The Kier molecular flexibility index (Phi) is 3.00. The summed E-state index contributed by atoms with van der Waals surface area (Å²) in [5.74, 6) is 0.743. The van der Waals surface area contributed by atoms with E-state index in [4.69, 9.17) is 5.73 Å². The zero-order valence-electron chi connectivity index (χ0n) is 10.2. The van der Waals surface area contributed by atoms with Crippen LogP contribution in [0.25, 0.3) is 0 Å². The summed E-state index contributed by atoms with van der Waals surface area (Å²) in [5.41, 5.74) is 6.04. The highest BCUT2D eigenvalue weighted by molar-refractivity contribution is 5.92. The number of nitrogens with zero attached hydrogens (tertiary/aromatic N) is 2. The fourth-order valence-corrected chi connectivity index (χ4v) is 1.93. The molecule has 1 amide bonds. The third kappa shape index (κ3) is 2.54. The maximum absolute atomic E-state index is 11.8. The molecule has 0 aliphatic heterocycles. The number of hydrogen-bond acceptors (Lipinski definition) is 4. The van der Waals surface area contributed by atoms with E-state index in [1.54, 1.807) is 12.1 Å². The van der Waals surface area contributed by atoms with Crippen LogP contribution in [0.15, 0.2) is 12.1 Å². The lowest BCUT2D eigenvalue weighted by Gasteiger charge is -2.19. The van der Waals surface area contributed by atoms with E-state index in [0.717, 1.165) is 6.54 Å². The van der Waals surface area contributed by atoms with Crippen molar-refractivity contribution < 1.29 is 4.79 Å². The first-order valence-corrected chi connectivity index (χ1v) is 5.91. The second-order valence-corrected chi connectivity index (χ2v) is 5.04. The van der Waals surface area contributed by atoms with Crippen molar-refractivity contribution >= 4 is 11.7 Å². The maximum atomic E-state index is 11.8. The number of hydrogen-bond donors (Lipinski definition) is 2. The SMILES string of the molecule is CC(C)C1(CNC(=O)c2ccc(N)nn2)CC1. The van der Waals surface area contributed by atoms with E-state index in [9.17, 15) is 4.79 Å². The van der Waals surface area contributed by atoms with Gasteiger partial charge in [-0.2, -0.15) is 0 Å². The monoisotopic (exact) mass is 234 g/mol. The molecular weight excluding hydrogens is 216 g/mol. The molecule has 1 aromatic rings. The zero-order chi connectivity index (χ0) is 12.5. The predicted molar refractivity (Wildman–Crippen MR) is 65.3 cm³/mol. The number of carbonyl (C=O) groups excluding carboxylic acids is 1. The van der Waals surface area contributed by atoms with Crippen molar-refractivity contribution in [1.82, 2.24) is 15.5 Å². The molecule has 1 aliphatic rings. The van der Waals surface area contributed by atoms with Crippen LogP contribution in [0.4, 0.5) is 5.82 Å². The Hall–Kier alpha value is -1.65. The van der Waals surface area contributed by atoms with E-state index in [1.165, 1.54) is 12.8 Å². The first-order chi connectivity index (χ1) is 8.03. The minimum Gasteiger partial charge on any atom is -0.382 e. The molecule has 1 aliphatic carbocycles. The molecule has 5 heteroatoms. The molecule has 5 nitrogen and oxygen atoms in total. The molecule has 1 fully saturated rings. The Labute approximate surface area is 101 Å². The maximum Gasteiger partial charge on any atom is 0.271 e. The van der Waals surface area contributed by atoms with E-state index in [0.29, 0.717) is 22.8 Å². The lowest BCUT2D eigenvalue weighted by atomic mass is 9.92. The van der Waals surface area contributed by atoms with Gasteiger partial charge in [0, 0.05) is 6.54 Å². The summed E-state index contributed by atoms with van der Waals surface area (Å²) in [6.45, 7) is 5.11. The highest BCUT2D eigenvalue weighted by Crippen LogP contribution is 2.51. The molecule has 92 valence electrons. The highest BCUT2D eigenvalue weighted by atomic mass is 16.1. The van der Waals surface area contributed by atoms with Gasteiger partial charge in [0.05, 0.1) is 0 Å². The lowest BCUT2D eigenvalue weighted by Crippen LogP contribution is -2.33. The molecule has 0 atom stereocenters. The highest BCUT2D eigenvalue weighted by Gasteiger charge is 2.45. The third-order valence-corrected chi connectivity index (χ3v) is 3.64.